The molecule has 3 N–H and O–H groups in total. The highest BCUT2D eigenvalue weighted by Crippen LogP contribution is 2.12. The molecule has 2 aromatic rings. The maximum Gasteiger partial charge on any atom is 0.181 e. The fourth-order valence-electron chi connectivity index (χ4n) is 1.84. The highest BCUT2D eigenvalue weighted by atomic mass is 16.1. The second-order valence-corrected chi connectivity index (χ2v) is 4.54. The Morgan fingerprint density at radius 1 is 1.05 bits per heavy atom. The van der Waals surface area contributed by atoms with Crippen molar-refractivity contribution in [3.05, 3.63) is 59.7 Å². The molecule has 0 atom stereocenters. The lowest BCUT2D eigenvalue weighted by Crippen LogP contribution is -2.14. The van der Waals surface area contributed by atoms with Crippen LogP contribution in [0, 0.1) is 0 Å². The van der Waals surface area contributed by atoms with Crippen molar-refractivity contribution in [2.24, 2.45) is 0 Å². The van der Waals surface area contributed by atoms with Gasteiger partial charge in [0.15, 0.2) is 11.6 Å². The summed E-state index contributed by atoms with van der Waals surface area (Å²) in [6.45, 7) is 1.67. The molecule has 0 heterocycles. The molecule has 0 aromatic heterocycles. The van der Waals surface area contributed by atoms with Crippen molar-refractivity contribution >= 4 is 22.9 Å². The summed E-state index contributed by atoms with van der Waals surface area (Å²) in [4.78, 5) is 23.3. The summed E-state index contributed by atoms with van der Waals surface area (Å²) in [6.07, 6.45) is 0. The Morgan fingerprint density at radius 2 is 1.75 bits per heavy atom. The predicted octanol–water partition coefficient (Wildman–Crippen LogP) is 2.77. The Kier molecular flexibility index (Phi) is 4.15. The number of ketones is 2. The summed E-state index contributed by atoms with van der Waals surface area (Å²) in [5.74, 6) is -0.0543. The van der Waals surface area contributed by atoms with E-state index in [9.17, 15) is 9.59 Å². The third-order valence-corrected chi connectivity index (χ3v) is 2.93. The molecule has 2 aromatic carbocycles. The Bertz CT molecular complexity index is 650. The van der Waals surface area contributed by atoms with Crippen LogP contribution in [0.25, 0.3) is 0 Å². The first-order chi connectivity index (χ1) is 9.56. The lowest BCUT2D eigenvalue weighted by Gasteiger charge is -2.07. The maximum absolute atomic E-state index is 12.0. The van der Waals surface area contributed by atoms with E-state index in [1.54, 1.807) is 42.5 Å². The molecule has 0 amide bonds. The molecule has 0 bridgehead atoms. The highest BCUT2D eigenvalue weighted by molar-refractivity contribution is 6.00. The van der Waals surface area contributed by atoms with E-state index in [1.165, 1.54) is 6.92 Å². The van der Waals surface area contributed by atoms with Gasteiger partial charge in [0.25, 0.3) is 0 Å². The van der Waals surface area contributed by atoms with Gasteiger partial charge >= 0.3 is 0 Å². The van der Waals surface area contributed by atoms with E-state index < -0.39 is 0 Å². The van der Waals surface area contributed by atoms with Gasteiger partial charge in [0.1, 0.15) is 0 Å². The molecule has 0 saturated heterocycles. The van der Waals surface area contributed by atoms with Crippen LogP contribution in [-0.2, 0) is 0 Å². The predicted molar refractivity (Wildman–Crippen MR) is 80.1 cm³/mol. The molecule has 4 nitrogen and oxygen atoms in total. The number of hydrogen-bond donors (Lipinski definition) is 2. The van der Waals surface area contributed by atoms with E-state index in [0.29, 0.717) is 16.8 Å². The topological polar surface area (TPSA) is 72.2 Å². The molecule has 0 aliphatic rings. The molecule has 0 aliphatic carbocycles. The molecule has 2 rings (SSSR count). The second-order valence-electron chi connectivity index (χ2n) is 4.54. The number of nitrogens with one attached hydrogen (secondary N) is 1. The van der Waals surface area contributed by atoms with Gasteiger partial charge in [-0.15, -0.1) is 0 Å². The molecule has 20 heavy (non-hydrogen) atoms. The van der Waals surface area contributed by atoms with Crippen LogP contribution in [0.1, 0.15) is 27.6 Å². The number of rotatable bonds is 5. The van der Waals surface area contributed by atoms with Crippen molar-refractivity contribution in [3.8, 4) is 0 Å². The lowest BCUT2D eigenvalue weighted by molar-refractivity contribution is 0.100. The number of nitrogen functional groups attached to an aromatic ring is 1. The van der Waals surface area contributed by atoms with Gasteiger partial charge in [0.2, 0.25) is 0 Å². The van der Waals surface area contributed by atoms with Gasteiger partial charge in [-0.25, -0.2) is 0 Å². The van der Waals surface area contributed by atoms with E-state index in [1.807, 2.05) is 6.07 Å². The van der Waals surface area contributed by atoms with Gasteiger partial charge < -0.3 is 11.1 Å². The molecule has 0 fully saturated rings. The van der Waals surface area contributed by atoms with E-state index in [-0.39, 0.29) is 18.1 Å². The van der Waals surface area contributed by atoms with Crippen LogP contribution in [0.3, 0.4) is 0 Å². The van der Waals surface area contributed by atoms with Crippen LogP contribution >= 0.6 is 0 Å². The van der Waals surface area contributed by atoms with Crippen molar-refractivity contribution in [3.63, 3.8) is 0 Å². The Hall–Kier alpha value is -2.62. The molecule has 0 aliphatic heterocycles. The first-order valence-electron chi connectivity index (χ1n) is 6.30. The number of anilines is 2. The van der Waals surface area contributed by atoms with Gasteiger partial charge in [0.05, 0.1) is 6.54 Å². The Morgan fingerprint density at radius 3 is 2.45 bits per heavy atom. The van der Waals surface area contributed by atoms with Crippen molar-refractivity contribution in [2.45, 2.75) is 6.92 Å². The first-order valence-corrected chi connectivity index (χ1v) is 6.30. The minimum atomic E-state index is -0.0504. The molecule has 0 radical (unpaired) electrons. The average Bonchev–Trinajstić information content (AvgIpc) is 2.45. The zero-order valence-corrected chi connectivity index (χ0v) is 11.2. The van der Waals surface area contributed by atoms with Gasteiger partial charge in [0, 0.05) is 22.5 Å². The van der Waals surface area contributed by atoms with Gasteiger partial charge in [-0.1, -0.05) is 24.3 Å². The molecule has 0 saturated carbocycles. The number of benzene rings is 2. The molecular formula is C16H16N2O2. The molecular weight excluding hydrogens is 252 g/mol. The van der Waals surface area contributed by atoms with Crippen LogP contribution in [0.15, 0.2) is 48.5 Å². The second kappa shape index (κ2) is 6.02. The lowest BCUT2D eigenvalue weighted by atomic mass is 10.1. The average molecular weight is 268 g/mol. The van der Waals surface area contributed by atoms with Gasteiger partial charge in [-0.3, -0.25) is 9.59 Å². The third kappa shape index (κ3) is 3.45. The summed E-state index contributed by atoms with van der Waals surface area (Å²) in [5.41, 5.74) is 8.14. The number of carbonyl (C=O) groups excluding carboxylic acids is 2. The Labute approximate surface area is 117 Å². The van der Waals surface area contributed by atoms with Crippen molar-refractivity contribution in [1.29, 1.82) is 0 Å². The van der Waals surface area contributed by atoms with Crippen LogP contribution in [0.5, 0.6) is 0 Å². The summed E-state index contributed by atoms with van der Waals surface area (Å²) in [7, 11) is 0. The molecule has 102 valence electrons. The van der Waals surface area contributed by atoms with Crippen LogP contribution in [0.4, 0.5) is 11.4 Å². The third-order valence-electron chi connectivity index (χ3n) is 2.93. The standard InChI is InChI=1S/C16H16N2O2/c1-11(19)12-4-3-7-15(9-12)18-10-16(20)13-5-2-6-14(17)8-13/h2-9,18H,10,17H2,1H3. The van der Waals surface area contributed by atoms with Crippen LogP contribution in [-0.4, -0.2) is 18.1 Å². The van der Waals surface area contributed by atoms with E-state index >= 15 is 0 Å². The number of hydrogen-bond acceptors (Lipinski definition) is 4. The monoisotopic (exact) mass is 268 g/mol. The number of Topliss-reactive ketones (excluding diaryl/α,β-unsaturated/α-hetero) is 2. The summed E-state index contributed by atoms with van der Waals surface area (Å²) in [6, 6.07) is 13.9. The van der Waals surface area contributed by atoms with Crippen LogP contribution < -0.4 is 11.1 Å². The summed E-state index contributed by atoms with van der Waals surface area (Å²) < 4.78 is 0. The van der Waals surface area contributed by atoms with Crippen LogP contribution in [0.2, 0.25) is 0 Å². The summed E-state index contributed by atoms with van der Waals surface area (Å²) >= 11 is 0. The number of carbonyl (C=O) groups is 2. The zero-order valence-electron chi connectivity index (χ0n) is 11.2. The maximum atomic E-state index is 12.0. The van der Waals surface area contributed by atoms with Crippen molar-refractivity contribution in [1.82, 2.24) is 0 Å². The SMILES string of the molecule is CC(=O)c1cccc(NCC(=O)c2cccc(N)c2)c1. The summed E-state index contributed by atoms with van der Waals surface area (Å²) in [5, 5.41) is 3.02. The Balaban J connectivity index is 2.03. The van der Waals surface area contributed by atoms with E-state index in [0.717, 1.165) is 5.69 Å². The highest BCUT2D eigenvalue weighted by Gasteiger charge is 2.06. The smallest absolute Gasteiger partial charge is 0.181 e. The molecule has 0 spiro atoms. The van der Waals surface area contributed by atoms with E-state index in [4.69, 9.17) is 5.73 Å². The largest absolute Gasteiger partial charge is 0.399 e. The molecule has 4 heteroatoms. The minimum Gasteiger partial charge on any atom is -0.399 e. The molecule has 0 unspecified atom stereocenters. The van der Waals surface area contributed by atoms with Gasteiger partial charge in [-0.2, -0.15) is 0 Å². The number of nitrogens with two attached hydrogens (primary N) is 1. The fraction of sp³-hybridized carbons (Fsp3) is 0.125. The van der Waals surface area contributed by atoms with Crippen molar-refractivity contribution < 1.29 is 9.59 Å². The first kappa shape index (κ1) is 13.8. The van der Waals surface area contributed by atoms with Crippen molar-refractivity contribution in [2.75, 3.05) is 17.6 Å². The normalized spacial score (nSPS) is 10.1. The minimum absolute atomic E-state index is 0.00388. The van der Waals surface area contributed by atoms with Gasteiger partial charge in [-0.05, 0) is 31.2 Å². The fourth-order valence-corrected chi connectivity index (χ4v) is 1.84. The van der Waals surface area contributed by atoms with E-state index in [2.05, 4.69) is 5.32 Å². The zero-order chi connectivity index (χ0) is 14.5. The quantitative estimate of drug-likeness (QED) is 0.646.